The van der Waals surface area contributed by atoms with Crippen molar-refractivity contribution < 1.29 is 13.2 Å². The van der Waals surface area contributed by atoms with E-state index in [1.807, 2.05) is 6.92 Å². The Morgan fingerprint density at radius 2 is 1.42 bits per heavy atom. The molecule has 3 rings (SSSR count). The van der Waals surface area contributed by atoms with E-state index >= 15 is 0 Å². The number of halogens is 5. The first kappa shape index (κ1) is 26.1. The van der Waals surface area contributed by atoms with Gasteiger partial charge in [-0.25, -0.2) is 8.42 Å². The molecule has 0 unspecified atom stereocenters. The highest BCUT2D eigenvalue weighted by Crippen LogP contribution is 2.32. The van der Waals surface area contributed by atoms with Crippen LogP contribution >= 0.6 is 58.0 Å². The Kier molecular flexibility index (Phi) is 8.56. The predicted molar refractivity (Wildman–Crippen MR) is 135 cm³/mol. The average molecular weight is 567 g/mol. The Morgan fingerprint density at radius 3 is 2.06 bits per heavy atom. The molecule has 0 aliphatic carbocycles. The van der Waals surface area contributed by atoms with Gasteiger partial charge in [-0.2, -0.15) is 4.31 Å². The third-order valence-corrected chi connectivity index (χ3v) is 8.19. The Hall–Kier alpha value is -1.51. The predicted octanol–water partition coefficient (Wildman–Crippen LogP) is 7.09. The van der Waals surface area contributed by atoms with E-state index in [1.165, 1.54) is 24.3 Å². The summed E-state index contributed by atoms with van der Waals surface area (Å²) in [4.78, 5) is 12.9. The molecule has 0 saturated heterocycles. The number of hydrogen-bond donors (Lipinski definition) is 1. The van der Waals surface area contributed by atoms with Crippen LogP contribution < -0.4 is 5.32 Å². The second-order valence-electron chi connectivity index (χ2n) is 7.13. The fourth-order valence-electron chi connectivity index (χ4n) is 2.90. The molecule has 3 aromatic carbocycles. The number of carbonyl (C=O) groups is 1. The third kappa shape index (κ3) is 6.55. The lowest BCUT2D eigenvalue weighted by atomic mass is 10.2. The van der Waals surface area contributed by atoms with Crippen molar-refractivity contribution in [3.8, 4) is 0 Å². The van der Waals surface area contributed by atoms with Crippen LogP contribution in [0.15, 0.2) is 59.5 Å². The smallest absolute Gasteiger partial charge is 0.243 e. The van der Waals surface area contributed by atoms with Crippen molar-refractivity contribution >= 4 is 79.6 Å². The van der Waals surface area contributed by atoms with Gasteiger partial charge in [0.1, 0.15) is 0 Å². The van der Waals surface area contributed by atoms with Crippen molar-refractivity contribution in [1.82, 2.24) is 4.31 Å². The van der Waals surface area contributed by atoms with Gasteiger partial charge in [0.2, 0.25) is 15.9 Å². The standard InChI is InChI=1S/C22H17Cl5N2O3S/c1-13-2-5-15(6-3-13)33(31,32)29(11-14-4-7-16(23)17(24)8-14)12-22(30)28-21-10-19(26)18(25)9-20(21)27/h2-10H,11-12H2,1H3,(H,28,30). The molecule has 0 aromatic heterocycles. The number of hydrogen-bond acceptors (Lipinski definition) is 3. The van der Waals surface area contributed by atoms with E-state index in [2.05, 4.69) is 5.32 Å². The monoisotopic (exact) mass is 564 g/mol. The first-order valence-corrected chi connectivity index (χ1v) is 12.8. The molecular formula is C22H17Cl5N2O3S. The molecule has 0 atom stereocenters. The molecular weight excluding hydrogens is 550 g/mol. The summed E-state index contributed by atoms with van der Waals surface area (Å²) in [5.41, 5.74) is 1.66. The van der Waals surface area contributed by atoms with E-state index in [0.717, 1.165) is 9.87 Å². The van der Waals surface area contributed by atoms with Crippen molar-refractivity contribution in [3.05, 3.63) is 90.8 Å². The number of carbonyl (C=O) groups excluding carboxylic acids is 1. The van der Waals surface area contributed by atoms with E-state index in [1.54, 1.807) is 30.3 Å². The molecule has 0 aliphatic rings. The molecule has 5 nitrogen and oxygen atoms in total. The zero-order valence-electron chi connectivity index (χ0n) is 17.1. The van der Waals surface area contributed by atoms with Crippen LogP contribution in [-0.4, -0.2) is 25.2 Å². The zero-order valence-corrected chi connectivity index (χ0v) is 21.7. The number of nitrogens with zero attached hydrogens (tertiary/aromatic N) is 1. The minimum Gasteiger partial charge on any atom is -0.324 e. The van der Waals surface area contributed by atoms with Gasteiger partial charge in [-0.15, -0.1) is 0 Å². The second-order valence-corrected chi connectivity index (χ2v) is 11.1. The van der Waals surface area contributed by atoms with Crippen LogP contribution in [0.3, 0.4) is 0 Å². The molecule has 0 bridgehead atoms. The van der Waals surface area contributed by atoms with Gasteiger partial charge in [-0.1, -0.05) is 81.8 Å². The lowest BCUT2D eigenvalue weighted by Crippen LogP contribution is -2.37. The molecule has 1 amide bonds. The molecule has 3 aromatic rings. The molecule has 11 heteroatoms. The molecule has 174 valence electrons. The average Bonchev–Trinajstić information content (AvgIpc) is 2.74. The van der Waals surface area contributed by atoms with Crippen molar-refractivity contribution in [1.29, 1.82) is 0 Å². The third-order valence-electron chi connectivity index (χ3n) is 4.61. The quantitative estimate of drug-likeness (QED) is 0.311. The Morgan fingerprint density at radius 1 is 0.818 bits per heavy atom. The maximum atomic E-state index is 13.4. The summed E-state index contributed by atoms with van der Waals surface area (Å²) in [5.74, 6) is -0.619. The topological polar surface area (TPSA) is 66.5 Å². The largest absolute Gasteiger partial charge is 0.324 e. The van der Waals surface area contributed by atoms with Crippen molar-refractivity contribution in [3.63, 3.8) is 0 Å². The maximum Gasteiger partial charge on any atom is 0.243 e. The molecule has 0 saturated carbocycles. The Balaban J connectivity index is 1.92. The number of sulfonamides is 1. The summed E-state index contributed by atoms with van der Waals surface area (Å²) in [6, 6.07) is 13.9. The number of nitrogens with one attached hydrogen (secondary N) is 1. The highest BCUT2D eigenvalue weighted by Gasteiger charge is 2.27. The highest BCUT2D eigenvalue weighted by atomic mass is 35.5. The zero-order chi connectivity index (χ0) is 24.3. The van der Waals surface area contributed by atoms with Gasteiger partial charge in [0, 0.05) is 6.54 Å². The molecule has 0 aliphatic heterocycles. The number of benzene rings is 3. The minimum absolute atomic E-state index is 0.0496. The van der Waals surface area contributed by atoms with Crippen LogP contribution in [0.4, 0.5) is 5.69 Å². The van der Waals surface area contributed by atoms with Crippen molar-refractivity contribution in [2.24, 2.45) is 0 Å². The van der Waals surface area contributed by atoms with Gasteiger partial charge in [-0.05, 0) is 48.9 Å². The normalized spacial score (nSPS) is 11.6. The summed E-state index contributed by atoms with van der Waals surface area (Å²) in [6.07, 6.45) is 0. The molecule has 0 spiro atoms. The summed E-state index contributed by atoms with van der Waals surface area (Å²) in [6.45, 7) is 1.24. The SMILES string of the molecule is Cc1ccc(S(=O)(=O)N(CC(=O)Nc2cc(Cl)c(Cl)cc2Cl)Cc2ccc(Cl)c(Cl)c2)cc1. The Labute approximate surface area is 217 Å². The number of anilines is 1. The first-order chi connectivity index (χ1) is 15.5. The van der Waals surface area contributed by atoms with Crippen LogP contribution in [0.25, 0.3) is 0 Å². The molecule has 33 heavy (non-hydrogen) atoms. The van der Waals surface area contributed by atoms with E-state index in [-0.39, 0.29) is 37.2 Å². The number of aryl methyl sites for hydroxylation is 1. The van der Waals surface area contributed by atoms with Crippen LogP contribution in [0.5, 0.6) is 0 Å². The highest BCUT2D eigenvalue weighted by molar-refractivity contribution is 7.89. The summed E-state index contributed by atoms with van der Waals surface area (Å²) < 4.78 is 27.8. The van der Waals surface area contributed by atoms with Gasteiger partial charge in [0.15, 0.2) is 0 Å². The maximum absolute atomic E-state index is 13.4. The first-order valence-electron chi connectivity index (χ1n) is 9.42. The van der Waals surface area contributed by atoms with Gasteiger partial charge >= 0.3 is 0 Å². The van der Waals surface area contributed by atoms with Gasteiger partial charge < -0.3 is 5.32 Å². The number of rotatable bonds is 7. The summed E-state index contributed by atoms with van der Waals surface area (Å²) in [7, 11) is -4.04. The van der Waals surface area contributed by atoms with E-state index in [0.29, 0.717) is 10.6 Å². The molecule has 0 heterocycles. The lowest BCUT2D eigenvalue weighted by molar-refractivity contribution is -0.116. The van der Waals surface area contributed by atoms with Crippen LogP contribution in [0.1, 0.15) is 11.1 Å². The van der Waals surface area contributed by atoms with Crippen LogP contribution in [0, 0.1) is 6.92 Å². The van der Waals surface area contributed by atoms with Gasteiger partial charge in [0.05, 0.1) is 42.2 Å². The Bertz CT molecular complexity index is 1300. The molecule has 0 radical (unpaired) electrons. The van der Waals surface area contributed by atoms with Gasteiger partial charge in [0.25, 0.3) is 0 Å². The van der Waals surface area contributed by atoms with E-state index in [9.17, 15) is 13.2 Å². The summed E-state index contributed by atoms with van der Waals surface area (Å²) in [5, 5.41) is 3.76. The van der Waals surface area contributed by atoms with E-state index in [4.69, 9.17) is 58.0 Å². The molecule has 0 fully saturated rings. The fourth-order valence-corrected chi connectivity index (χ4v) is 5.19. The fraction of sp³-hybridized carbons (Fsp3) is 0.136. The number of amides is 1. The molecule has 1 N–H and O–H groups in total. The van der Waals surface area contributed by atoms with E-state index < -0.39 is 22.5 Å². The lowest BCUT2D eigenvalue weighted by Gasteiger charge is -2.22. The van der Waals surface area contributed by atoms with Crippen LogP contribution in [0.2, 0.25) is 25.1 Å². The summed E-state index contributed by atoms with van der Waals surface area (Å²) >= 11 is 30.1. The second kappa shape index (κ2) is 10.8. The van der Waals surface area contributed by atoms with Crippen LogP contribution in [-0.2, 0) is 21.4 Å². The minimum atomic E-state index is -4.04. The van der Waals surface area contributed by atoms with Crippen molar-refractivity contribution in [2.45, 2.75) is 18.4 Å². The van der Waals surface area contributed by atoms with Gasteiger partial charge in [-0.3, -0.25) is 4.79 Å². The van der Waals surface area contributed by atoms with Crippen molar-refractivity contribution in [2.75, 3.05) is 11.9 Å².